The molecule has 2 unspecified atom stereocenters. The molecule has 0 spiro atoms. The van der Waals surface area contributed by atoms with E-state index in [1.54, 1.807) is 6.20 Å². The van der Waals surface area contributed by atoms with Crippen LogP contribution < -0.4 is 5.73 Å². The average molecular weight is 301 g/mol. The molecule has 2 atom stereocenters. The first-order valence-electron chi connectivity index (χ1n) is 7.76. The summed E-state index contributed by atoms with van der Waals surface area (Å²) in [5, 5.41) is 0. The molecule has 2 aliphatic heterocycles. The molecule has 0 aliphatic carbocycles. The number of pyridine rings is 1. The lowest BCUT2D eigenvalue weighted by molar-refractivity contribution is 0.0175. The Balaban J connectivity index is 1.82. The van der Waals surface area contributed by atoms with Gasteiger partial charge in [-0.15, -0.1) is 0 Å². The quantitative estimate of drug-likeness (QED) is 0.864. The molecule has 0 aromatic carbocycles. The molecule has 5 heteroatoms. The van der Waals surface area contributed by atoms with Crippen molar-refractivity contribution in [1.82, 2.24) is 9.88 Å². The van der Waals surface area contributed by atoms with Crippen LogP contribution in [0.25, 0.3) is 5.57 Å². The third-order valence-electron chi connectivity index (χ3n) is 4.13. The highest BCUT2D eigenvalue weighted by Crippen LogP contribution is 2.39. The Morgan fingerprint density at radius 3 is 2.77 bits per heavy atom. The van der Waals surface area contributed by atoms with Crippen LogP contribution in [0.15, 0.2) is 24.5 Å². The Bertz CT molecular complexity index is 619. The van der Waals surface area contributed by atoms with Crippen molar-refractivity contribution in [3.05, 3.63) is 30.1 Å². The second-order valence-electron chi connectivity index (χ2n) is 7.09. The zero-order valence-electron chi connectivity index (χ0n) is 13.4. The van der Waals surface area contributed by atoms with Gasteiger partial charge in [0.1, 0.15) is 5.60 Å². The van der Waals surface area contributed by atoms with E-state index < -0.39 is 5.60 Å². The number of nitrogen functional groups attached to an aromatic ring is 1. The number of rotatable bonds is 1. The fourth-order valence-corrected chi connectivity index (χ4v) is 3.28. The molecule has 118 valence electrons. The second-order valence-corrected chi connectivity index (χ2v) is 7.09. The summed E-state index contributed by atoms with van der Waals surface area (Å²) in [5.74, 6) is 0. The van der Waals surface area contributed by atoms with Gasteiger partial charge in [0.25, 0.3) is 0 Å². The molecule has 1 fully saturated rings. The number of fused-ring (bicyclic) bond motifs is 2. The maximum atomic E-state index is 12.4. The average Bonchev–Trinajstić information content (AvgIpc) is 2.68. The number of hydrogen-bond donors (Lipinski definition) is 1. The summed E-state index contributed by atoms with van der Waals surface area (Å²) in [4.78, 5) is 18.5. The summed E-state index contributed by atoms with van der Waals surface area (Å²) < 4.78 is 5.54. The number of hydrogen-bond acceptors (Lipinski definition) is 4. The Kier molecular flexibility index (Phi) is 3.59. The van der Waals surface area contributed by atoms with E-state index in [9.17, 15) is 4.79 Å². The second kappa shape index (κ2) is 5.30. The molecule has 5 nitrogen and oxygen atoms in total. The molecule has 0 saturated carbocycles. The van der Waals surface area contributed by atoms with E-state index in [-0.39, 0.29) is 18.2 Å². The summed E-state index contributed by atoms with van der Waals surface area (Å²) in [6.07, 6.45) is 8.29. The van der Waals surface area contributed by atoms with Crippen LogP contribution in [0.4, 0.5) is 10.5 Å². The lowest BCUT2D eigenvalue weighted by atomic mass is 9.96. The summed E-state index contributed by atoms with van der Waals surface area (Å²) in [6, 6.07) is 2.27. The monoisotopic (exact) mass is 301 g/mol. The van der Waals surface area contributed by atoms with Crippen molar-refractivity contribution in [2.45, 2.75) is 57.7 Å². The number of amides is 1. The van der Waals surface area contributed by atoms with E-state index in [0.717, 1.165) is 24.8 Å². The SMILES string of the molecule is CC(C)(C)OC(=O)N1C2C=C(c3cncc(N)c3)CC1CC2. The topological polar surface area (TPSA) is 68.5 Å². The van der Waals surface area contributed by atoms with Gasteiger partial charge in [-0.05, 0) is 57.2 Å². The maximum absolute atomic E-state index is 12.4. The number of carbonyl (C=O) groups excluding carboxylic acids is 1. The predicted octanol–water partition coefficient (Wildman–Crippen LogP) is 3.22. The van der Waals surface area contributed by atoms with Crippen LogP contribution in [-0.4, -0.2) is 33.7 Å². The fraction of sp³-hybridized carbons (Fsp3) is 0.529. The van der Waals surface area contributed by atoms with Gasteiger partial charge in [-0.2, -0.15) is 0 Å². The predicted molar refractivity (Wildman–Crippen MR) is 86.1 cm³/mol. The first-order valence-corrected chi connectivity index (χ1v) is 7.76. The zero-order chi connectivity index (χ0) is 15.9. The summed E-state index contributed by atoms with van der Waals surface area (Å²) in [5.41, 5.74) is 8.31. The molecule has 22 heavy (non-hydrogen) atoms. The first kappa shape index (κ1) is 14.9. The molecular weight excluding hydrogens is 278 g/mol. The third-order valence-corrected chi connectivity index (χ3v) is 4.13. The lowest BCUT2D eigenvalue weighted by Crippen LogP contribution is -2.45. The molecule has 0 radical (unpaired) electrons. The van der Waals surface area contributed by atoms with Gasteiger partial charge in [0.15, 0.2) is 0 Å². The van der Waals surface area contributed by atoms with Crippen LogP contribution in [0.1, 0.15) is 45.6 Å². The van der Waals surface area contributed by atoms with Crippen molar-refractivity contribution in [3.63, 3.8) is 0 Å². The molecule has 1 aromatic rings. The fourth-order valence-electron chi connectivity index (χ4n) is 3.28. The molecular formula is C17H23N3O2. The third kappa shape index (κ3) is 2.93. The zero-order valence-corrected chi connectivity index (χ0v) is 13.4. The number of anilines is 1. The first-order chi connectivity index (χ1) is 10.3. The van der Waals surface area contributed by atoms with Gasteiger partial charge in [0, 0.05) is 18.4 Å². The molecule has 2 bridgehead atoms. The van der Waals surface area contributed by atoms with Crippen LogP contribution in [0, 0.1) is 0 Å². The Hall–Kier alpha value is -2.04. The molecule has 1 aromatic heterocycles. The van der Waals surface area contributed by atoms with E-state index in [0.29, 0.717) is 5.69 Å². The lowest BCUT2D eigenvalue weighted by Gasteiger charge is -2.35. The number of carbonyl (C=O) groups is 1. The van der Waals surface area contributed by atoms with Gasteiger partial charge in [0.2, 0.25) is 0 Å². The van der Waals surface area contributed by atoms with Crippen LogP contribution in [0.5, 0.6) is 0 Å². The normalized spacial score (nSPS) is 24.1. The van der Waals surface area contributed by atoms with E-state index in [2.05, 4.69) is 11.1 Å². The highest BCUT2D eigenvalue weighted by molar-refractivity contribution is 5.75. The largest absolute Gasteiger partial charge is 0.444 e. The Morgan fingerprint density at radius 1 is 1.36 bits per heavy atom. The standard InChI is InChI=1S/C17H23N3O2/c1-17(2,3)22-16(21)20-14-4-5-15(20)8-11(7-14)12-6-13(18)10-19-9-12/h6-7,9-10,14-15H,4-5,8,18H2,1-3H3. The number of nitrogens with zero attached hydrogens (tertiary/aromatic N) is 2. The van der Waals surface area contributed by atoms with Crippen molar-refractivity contribution >= 4 is 17.4 Å². The van der Waals surface area contributed by atoms with E-state index in [1.165, 1.54) is 5.57 Å². The molecule has 1 amide bonds. The smallest absolute Gasteiger partial charge is 0.411 e. The molecule has 2 aliphatic rings. The number of ether oxygens (including phenoxy) is 1. The summed E-state index contributed by atoms with van der Waals surface area (Å²) >= 11 is 0. The van der Waals surface area contributed by atoms with Gasteiger partial charge >= 0.3 is 6.09 Å². The highest BCUT2D eigenvalue weighted by Gasteiger charge is 2.41. The molecule has 3 rings (SSSR count). The number of aromatic nitrogens is 1. The Morgan fingerprint density at radius 2 is 2.14 bits per heavy atom. The van der Waals surface area contributed by atoms with Crippen molar-refractivity contribution in [2.75, 3.05) is 5.73 Å². The molecule has 3 heterocycles. The minimum absolute atomic E-state index is 0.116. The van der Waals surface area contributed by atoms with Gasteiger partial charge < -0.3 is 10.5 Å². The molecule has 2 N–H and O–H groups in total. The Labute approximate surface area is 131 Å². The minimum Gasteiger partial charge on any atom is -0.444 e. The van der Waals surface area contributed by atoms with Crippen LogP contribution in [-0.2, 0) is 4.74 Å². The van der Waals surface area contributed by atoms with E-state index in [1.807, 2.05) is 37.9 Å². The maximum Gasteiger partial charge on any atom is 0.411 e. The highest BCUT2D eigenvalue weighted by atomic mass is 16.6. The van der Waals surface area contributed by atoms with Crippen molar-refractivity contribution in [1.29, 1.82) is 0 Å². The van der Waals surface area contributed by atoms with Crippen molar-refractivity contribution in [3.8, 4) is 0 Å². The van der Waals surface area contributed by atoms with Crippen LogP contribution in [0.2, 0.25) is 0 Å². The van der Waals surface area contributed by atoms with E-state index >= 15 is 0 Å². The van der Waals surface area contributed by atoms with Gasteiger partial charge in [-0.3, -0.25) is 9.88 Å². The minimum atomic E-state index is -0.460. The van der Waals surface area contributed by atoms with Crippen LogP contribution >= 0.6 is 0 Å². The van der Waals surface area contributed by atoms with Gasteiger partial charge in [0.05, 0.1) is 11.7 Å². The molecule has 1 saturated heterocycles. The number of nitrogens with two attached hydrogens (primary N) is 1. The van der Waals surface area contributed by atoms with Crippen molar-refractivity contribution in [2.24, 2.45) is 0 Å². The summed E-state index contributed by atoms with van der Waals surface area (Å²) in [6.45, 7) is 5.70. The summed E-state index contributed by atoms with van der Waals surface area (Å²) in [7, 11) is 0. The van der Waals surface area contributed by atoms with Gasteiger partial charge in [-0.1, -0.05) is 6.08 Å². The van der Waals surface area contributed by atoms with Gasteiger partial charge in [-0.25, -0.2) is 4.79 Å². The van der Waals surface area contributed by atoms with E-state index in [4.69, 9.17) is 10.5 Å². The van der Waals surface area contributed by atoms with Crippen LogP contribution in [0.3, 0.4) is 0 Å². The van der Waals surface area contributed by atoms with Crippen molar-refractivity contribution < 1.29 is 9.53 Å².